The van der Waals surface area contributed by atoms with Crippen molar-refractivity contribution in [3.63, 3.8) is 0 Å². The molecule has 0 spiro atoms. The molecule has 0 atom stereocenters. The van der Waals surface area contributed by atoms with Gasteiger partial charge < -0.3 is 10.6 Å². The Kier molecular flexibility index (Phi) is 5.07. The van der Waals surface area contributed by atoms with Crippen LogP contribution in [0.2, 0.25) is 0 Å². The number of carbonyl (C=O) groups is 1. The summed E-state index contributed by atoms with van der Waals surface area (Å²) in [5, 5.41) is 15.7. The number of carbonyl (C=O) groups excluding carboxylic acids is 1. The third-order valence-electron chi connectivity index (χ3n) is 4.25. The summed E-state index contributed by atoms with van der Waals surface area (Å²) in [5.74, 6) is 0. The summed E-state index contributed by atoms with van der Waals surface area (Å²) in [6, 6.07) is 17.6. The van der Waals surface area contributed by atoms with E-state index >= 15 is 0 Å². The normalized spacial score (nSPS) is 11.2. The molecule has 0 radical (unpaired) electrons. The maximum absolute atomic E-state index is 12.7. The van der Waals surface area contributed by atoms with E-state index in [1.807, 2.05) is 13.0 Å². The van der Waals surface area contributed by atoms with Gasteiger partial charge in [0.2, 0.25) is 0 Å². The van der Waals surface area contributed by atoms with Gasteiger partial charge in [-0.3, -0.25) is 4.72 Å². The highest BCUT2D eigenvalue weighted by Crippen LogP contribution is 2.20. The largest absolute Gasteiger partial charge is 0.323 e. The molecule has 0 unspecified atom stereocenters. The van der Waals surface area contributed by atoms with Crippen LogP contribution in [0.5, 0.6) is 0 Å². The number of sulfonamides is 1. The minimum absolute atomic E-state index is 0.0332. The van der Waals surface area contributed by atoms with E-state index in [9.17, 15) is 13.2 Å². The number of hydrogen-bond donors (Lipinski definition) is 4. The molecule has 0 aliphatic heterocycles. The highest BCUT2D eigenvalue weighted by molar-refractivity contribution is 7.92. The van der Waals surface area contributed by atoms with E-state index in [0.29, 0.717) is 28.1 Å². The lowest BCUT2D eigenvalue weighted by molar-refractivity contribution is 0.262. The molecule has 0 saturated carbocycles. The van der Waals surface area contributed by atoms with Crippen LogP contribution in [0.15, 0.2) is 71.6 Å². The minimum Gasteiger partial charge on any atom is -0.308 e. The first kappa shape index (κ1) is 19.4. The minimum atomic E-state index is -3.81. The maximum Gasteiger partial charge on any atom is 0.323 e. The van der Waals surface area contributed by atoms with Crippen LogP contribution >= 0.6 is 0 Å². The summed E-state index contributed by atoms with van der Waals surface area (Å²) in [6.07, 6.45) is 0. The van der Waals surface area contributed by atoms with E-state index in [0.717, 1.165) is 5.56 Å². The first-order chi connectivity index (χ1) is 14.4. The zero-order valence-electron chi connectivity index (χ0n) is 15.9. The van der Waals surface area contributed by atoms with E-state index < -0.39 is 16.1 Å². The molecule has 0 bridgehead atoms. The predicted octanol–water partition coefficient (Wildman–Crippen LogP) is 3.71. The number of nitrogens with one attached hydrogen (secondary N) is 4. The predicted molar refractivity (Wildman–Crippen MR) is 115 cm³/mol. The number of fused-ring (bicyclic) bond motifs is 1. The smallest absolute Gasteiger partial charge is 0.308 e. The number of aryl methyl sites for hydroxylation is 1. The lowest BCUT2D eigenvalue weighted by atomic mass is 10.2. The Balaban J connectivity index is 1.47. The average Bonchev–Trinajstić information content (AvgIpc) is 3.15. The quantitative estimate of drug-likeness (QED) is 0.390. The molecule has 4 aromatic rings. The third kappa shape index (κ3) is 4.39. The number of aromatic amines is 1. The number of urea groups is 1. The first-order valence-corrected chi connectivity index (χ1v) is 10.5. The molecular formula is C20H18N6O3S. The van der Waals surface area contributed by atoms with Gasteiger partial charge in [-0.2, -0.15) is 15.4 Å². The molecule has 0 saturated heterocycles. The van der Waals surface area contributed by atoms with E-state index in [4.69, 9.17) is 0 Å². The lowest BCUT2D eigenvalue weighted by Crippen LogP contribution is -2.20. The van der Waals surface area contributed by atoms with Gasteiger partial charge in [0.1, 0.15) is 11.0 Å². The Morgan fingerprint density at radius 2 is 1.53 bits per heavy atom. The fourth-order valence-electron chi connectivity index (χ4n) is 2.88. The van der Waals surface area contributed by atoms with Crippen molar-refractivity contribution < 1.29 is 13.2 Å². The highest BCUT2D eigenvalue weighted by atomic mass is 32.2. The Morgan fingerprint density at radius 1 is 0.833 bits per heavy atom. The standard InChI is InChI=1S/C20H18N6O3S/c1-13-4-2-6-16(10-13)25-30(28,29)17-7-3-5-14(11-17)21-20(27)22-15-8-9-18-19(12-15)24-26-23-18/h2-12,25H,1H3,(H2,21,22,27)(H,23,24,26). The van der Waals surface area contributed by atoms with Crippen molar-refractivity contribution >= 4 is 44.1 Å². The lowest BCUT2D eigenvalue weighted by Gasteiger charge is -2.11. The van der Waals surface area contributed by atoms with Crippen LogP contribution in [0.1, 0.15) is 5.56 Å². The number of benzene rings is 3. The number of anilines is 3. The molecule has 30 heavy (non-hydrogen) atoms. The van der Waals surface area contributed by atoms with Crippen LogP contribution in [-0.4, -0.2) is 29.9 Å². The van der Waals surface area contributed by atoms with Crippen LogP contribution in [0.4, 0.5) is 21.9 Å². The summed E-state index contributed by atoms with van der Waals surface area (Å²) in [6.45, 7) is 1.88. The van der Waals surface area contributed by atoms with E-state index in [2.05, 4.69) is 30.8 Å². The number of hydrogen-bond acceptors (Lipinski definition) is 5. The van der Waals surface area contributed by atoms with Crippen molar-refractivity contribution in [3.8, 4) is 0 Å². The fourth-order valence-corrected chi connectivity index (χ4v) is 3.97. The molecule has 0 aliphatic rings. The van der Waals surface area contributed by atoms with Gasteiger partial charge in [-0.1, -0.05) is 18.2 Å². The SMILES string of the molecule is Cc1cccc(NS(=O)(=O)c2cccc(NC(=O)Nc3ccc4n[nH]nc4c3)c2)c1. The Bertz CT molecular complexity index is 1330. The summed E-state index contributed by atoms with van der Waals surface area (Å²) < 4.78 is 27.9. The zero-order valence-corrected chi connectivity index (χ0v) is 16.7. The Hall–Kier alpha value is -3.92. The van der Waals surface area contributed by atoms with Crippen LogP contribution < -0.4 is 15.4 Å². The van der Waals surface area contributed by atoms with Crippen LogP contribution in [-0.2, 0) is 10.0 Å². The number of H-pyrrole nitrogens is 1. The van der Waals surface area contributed by atoms with Gasteiger partial charge in [-0.15, -0.1) is 0 Å². The Morgan fingerprint density at radius 3 is 2.33 bits per heavy atom. The summed E-state index contributed by atoms with van der Waals surface area (Å²) in [5.41, 5.74) is 3.56. The fraction of sp³-hybridized carbons (Fsp3) is 0.0500. The van der Waals surface area contributed by atoms with Gasteiger partial charge in [0, 0.05) is 17.1 Å². The van der Waals surface area contributed by atoms with E-state index in [-0.39, 0.29) is 4.90 Å². The van der Waals surface area contributed by atoms with Crippen LogP contribution in [0.25, 0.3) is 11.0 Å². The van der Waals surface area contributed by atoms with Crippen molar-refractivity contribution in [2.75, 3.05) is 15.4 Å². The highest BCUT2D eigenvalue weighted by Gasteiger charge is 2.15. The van der Waals surface area contributed by atoms with Gasteiger partial charge in [0.15, 0.2) is 0 Å². The molecular weight excluding hydrogens is 404 g/mol. The van der Waals surface area contributed by atoms with Crippen LogP contribution in [0.3, 0.4) is 0 Å². The topological polar surface area (TPSA) is 129 Å². The zero-order chi connectivity index (χ0) is 21.1. The summed E-state index contributed by atoms with van der Waals surface area (Å²) in [4.78, 5) is 12.3. The molecule has 4 rings (SSSR count). The number of rotatable bonds is 5. The van der Waals surface area contributed by atoms with Crippen molar-refractivity contribution in [2.45, 2.75) is 11.8 Å². The molecule has 3 aromatic carbocycles. The molecule has 10 heteroatoms. The van der Waals surface area contributed by atoms with Gasteiger partial charge in [-0.05, 0) is 61.0 Å². The van der Waals surface area contributed by atoms with E-state index in [1.165, 1.54) is 12.1 Å². The summed E-state index contributed by atoms with van der Waals surface area (Å²) in [7, 11) is -3.81. The second-order valence-corrected chi connectivity index (χ2v) is 8.29. The summed E-state index contributed by atoms with van der Waals surface area (Å²) >= 11 is 0. The van der Waals surface area contributed by atoms with Crippen molar-refractivity contribution in [1.82, 2.24) is 15.4 Å². The third-order valence-corrected chi connectivity index (χ3v) is 5.63. The van der Waals surface area contributed by atoms with Gasteiger partial charge in [0.05, 0.1) is 4.90 Å². The van der Waals surface area contributed by atoms with Gasteiger partial charge in [-0.25, -0.2) is 13.2 Å². The Labute approximate surface area is 172 Å². The van der Waals surface area contributed by atoms with E-state index in [1.54, 1.807) is 48.5 Å². The number of amides is 2. The molecule has 1 heterocycles. The number of nitrogens with zero attached hydrogens (tertiary/aromatic N) is 2. The maximum atomic E-state index is 12.7. The van der Waals surface area contributed by atoms with Crippen molar-refractivity contribution in [3.05, 3.63) is 72.3 Å². The van der Waals surface area contributed by atoms with Gasteiger partial charge in [0.25, 0.3) is 10.0 Å². The van der Waals surface area contributed by atoms with Crippen LogP contribution in [0, 0.1) is 6.92 Å². The molecule has 152 valence electrons. The molecule has 0 fully saturated rings. The average molecular weight is 422 g/mol. The van der Waals surface area contributed by atoms with Crippen molar-refractivity contribution in [2.24, 2.45) is 0 Å². The molecule has 0 aliphatic carbocycles. The monoisotopic (exact) mass is 422 g/mol. The first-order valence-electron chi connectivity index (χ1n) is 8.97. The van der Waals surface area contributed by atoms with Crippen molar-refractivity contribution in [1.29, 1.82) is 0 Å². The second-order valence-electron chi connectivity index (χ2n) is 6.61. The second kappa shape index (κ2) is 7.84. The molecule has 1 aromatic heterocycles. The van der Waals surface area contributed by atoms with Gasteiger partial charge >= 0.3 is 6.03 Å². The number of aromatic nitrogens is 3. The molecule has 9 nitrogen and oxygen atoms in total. The molecule has 2 amide bonds. The molecule has 4 N–H and O–H groups in total.